The number of ether oxygens (including phenoxy) is 1. The summed E-state index contributed by atoms with van der Waals surface area (Å²) in [6.07, 6.45) is 5.05. The fourth-order valence-corrected chi connectivity index (χ4v) is 5.54. The van der Waals surface area contributed by atoms with Gasteiger partial charge >= 0.3 is 210 Å². The van der Waals surface area contributed by atoms with Gasteiger partial charge in [0.15, 0.2) is 0 Å². The van der Waals surface area contributed by atoms with Gasteiger partial charge in [-0.1, -0.05) is 0 Å². The number of carbonyl (C=O) groups excluding carboxylic acids is 1. The molecule has 36 heavy (non-hydrogen) atoms. The van der Waals surface area contributed by atoms with Crippen molar-refractivity contribution in [2.75, 3.05) is 39.6 Å². The number of methoxy groups -OCH3 is 1. The number of hydrogen-bond acceptors (Lipinski definition) is 9. The summed E-state index contributed by atoms with van der Waals surface area (Å²) in [6.45, 7) is 1.52. The third-order valence-electron chi connectivity index (χ3n) is 6.39. The van der Waals surface area contributed by atoms with Crippen LogP contribution in [0.2, 0.25) is 11.1 Å². The van der Waals surface area contributed by atoms with Gasteiger partial charge in [-0.3, -0.25) is 0 Å². The number of nitrogens with zero attached hydrogens (tertiary/aromatic N) is 7. The van der Waals surface area contributed by atoms with Crippen LogP contribution in [0.5, 0.6) is 5.88 Å². The van der Waals surface area contributed by atoms with E-state index in [9.17, 15) is 10.1 Å². The minimum atomic E-state index is -0.373. The standard InChI is InChI=1S/C25H30N8O2Se/c1-32(2)18-7-9-33(10-8-18)25(34)21(14-36-4)31-23-22-20(28-15-29-23)6-5-19(30-22)17-11-16(12-26)24(35-3)27-13-17/h5-6,11,13,15,18,21H,7-10,14H2,1-4H3,(H,28,29,31). The first-order valence-electron chi connectivity index (χ1n) is 11.7. The Morgan fingerprint density at radius 1 is 1.31 bits per heavy atom. The van der Waals surface area contributed by atoms with E-state index in [0.29, 0.717) is 54.7 Å². The van der Waals surface area contributed by atoms with Crippen molar-refractivity contribution in [3.05, 3.63) is 36.3 Å². The van der Waals surface area contributed by atoms with Gasteiger partial charge in [0.1, 0.15) is 0 Å². The van der Waals surface area contributed by atoms with Crippen LogP contribution in [-0.2, 0) is 4.79 Å². The molecule has 11 heteroatoms. The molecule has 1 N–H and O–H groups in total. The minimum absolute atomic E-state index is 0.108. The van der Waals surface area contributed by atoms with Crippen molar-refractivity contribution in [3.8, 4) is 23.2 Å². The van der Waals surface area contributed by atoms with Gasteiger partial charge in [0.2, 0.25) is 0 Å². The second-order valence-electron chi connectivity index (χ2n) is 8.85. The number of piperidine rings is 1. The van der Waals surface area contributed by atoms with Crippen LogP contribution in [0.4, 0.5) is 5.82 Å². The first-order valence-corrected chi connectivity index (χ1v) is 14.6. The molecule has 0 radical (unpaired) electrons. The fraction of sp³-hybridized carbons (Fsp3) is 0.440. The molecule has 0 spiro atoms. The van der Waals surface area contributed by atoms with E-state index < -0.39 is 0 Å². The average Bonchev–Trinajstić information content (AvgIpc) is 2.92. The summed E-state index contributed by atoms with van der Waals surface area (Å²) in [4.78, 5) is 35.5. The quantitative estimate of drug-likeness (QED) is 0.420. The Bertz CT molecular complexity index is 1270. The molecule has 0 aliphatic carbocycles. The summed E-state index contributed by atoms with van der Waals surface area (Å²) in [6, 6.07) is 7.62. The molecule has 0 saturated carbocycles. The van der Waals surface area contributed by atoms with Crippen molar-refractivity contribution in [3.63, 3.8) is 0 Å². The van der Waals surface area contributed by atoms with E-state index in [1.807, 2.05) is 17.0 Å². The Morgan fingerprint density at radius 3 is 2.75 bits per heavy atom. The van der Waals surface area contributed by atoms with Gasteiger partial charge in [0.05, 0.1) is 7.11 Å². The molecule has 1 amide bonds. The van der Waals surface area contributed by atoms with Gasteiger partial charge in [-0.05, 0) is 0 Å². The van der Waals surface area contributed by atoms with E-state index in [2.05, 4.69) is 51.2 Å². The van der Waals surface area contributed by atoms with Crippen molar-refractivity contribution in [2.24, 2.45) is 0 Å². The number of carbonyl (C=O) groups is 1. The van der Waals surface area contributed by atoms with E-state index >= 15 is 0 Å². The first-order chi connectivity index (χ1) is 17.4. The van der Waals surface area contributed by atoms with Crippen LogP contribution in [-0.4, -0.2) is 97.0 Å². The van der Waals surface area contributed by atoms with Gasteiger partial charge in [-0.25, -0.2) is 0 Å². The molecule has 4 rings (SSSR count). The fourth-order valence-electron chi connectivity index (χ4n) is 4.37. The molecule has 3 aromatic rings. The zero-order valence-electron chi connectivity index (χ0n) is 20.9. The summed E-state index contributed by atoms with van der Waals surface area (Å²) in [7, 11) is 5.67. The number of aromatic nitrogens is 4. The van der Waals surface area contributed by atoms with E-state index in [-0.39, 0.29) is 17.8 Å². The number of pyridine rings is 2. The van der Waals surface area contributed by atoms with Crippen molar-refractivity contribution in [2.45, 2.75) is 36.1 Å². The molecule has 4 heterocycles. The monoisotopic (exact) mass is 554 g/mol. The predicted molar refractivity (Wildman–Crippen MR) is 139 cm³/mol. The zero-order valence-corrected chi connectivity index (χ0v) is 22.6. The van der Waals surface area contributed by atoms with Gasteiger partial charge < -0.3 is 0 Å². The number of hydrogen-bond donors (Lipinski definition) is 1. The summed E-state index contributed by atoms with van der Waals surface area (Å²) < 4.78 is 5.15. The zero-order chi connectivity index (χ0) is 25.7. The molecule has 0 aromatic carbocycles. The third kappa shape index (κ3) is 5.57. The summed E-state index contributed by atoms with van der Waals surface area (Å²) >= 11 is 0.291. The van der Waals surface area contributed by atoms with E-state index in [0.717, 1.165) is 31.3 Å². The third-order valence-corrected chi connectivity index (χ3v) is 7.79. The number of rotatable bonds is 8. The molecule has 1 saturated heterocycles. The number of nitrogens with one attached hydrogen (secondary N) is 1. The van der Waals surface area contributed by atoms with Gasteiger partial charge in [0.25, 0.3) is 0 Å². The Kier molecular flexibility index (Phi) is 8.31. The van der Waals surface area contributed by atoms with Crippen LogP contribution in [0.3, 0.4) is 0 Å². The van der Waals surface area contributed by atoms with Gasteiger partial charge in [-0.15, -0.1) is 0 Å². The second-order valence-corrected chi connectivity index (χ2v) is 10.8. The van der Waals surface area contributed by atoms with Crippen LogP contribution in [0, 0.1) is 11.3 Å². The van der Waals surface area contributed by atoms with Crippen LogP contribution >= 0.6 is 0 Å². The summed E-state index contributed by atoms with van der Waals surface area (Å²) in [5.41, 5.74) is 2.86. The van der Waals surface area contributed by atoms with E-state index in [4.69, 9.17) is 9.72 Å². The van der Waals surface area contributed by atoms with E-state index in [1.165, 1.54) is 13.4 Å². The van der Waals surface area contributed by atoms with Crippen LogP contribution in [0.25, 0.3) is 22.3 Å². The van der Waals surface area contributed by atoms with Gasteiger partial charge in [0, 0.05) is 0 Å². The number of likely N-dealkylation sites (tertiary alicyclic amines) is 1. The average molecular weight is 554 g/mol. The molecule has 1 fully saturated rings. The first kappa shape index (κ1) is 25.8. The Labute approximate surface area is 217 Å². The molecule has 1 aliphatic rings. The molecule has 1 atom stereocenters. The molecule has 188 valence electrons. The Balaban J connectivity index is 1.61. The molecular formula is C25H30N8O2Se. The van der Waals surface area contributed by atoms with Crippen LogP contribution < -0.4 is 10.1 Å². The molecule has 1 aliphatic heterocycles. The number of anilines is 1. The van der Waals surface area contributed by atoms with Crippen molar-refractivity contribution in [1.82, 2.24) is 29.7 Å². The summed E-state index contributed by atoms with van der Waals surface area (Å²) in [5.74, 6) is 3.03. The van der Waals surface area contributed by atoms with Crippen molar-refractivity contribution >= 4 is 37.7 Å². The predicted octanol–water partition coefficient (Wildman–Crippen LogP) is 2.47. The maximum atomic E-state index is 13.5. The molecule has 1 unspecified atom stereocenters. The van der Waals surface area contributed by atoms with Crippen molar-refractivity contribution in [1.29, 1.82) is 5.26 Å². The molecule has 10 nitrogen and oxygen atoms in total. The van der Waals surface area contributed by atoms with Gasteiger partial charge in [-0.2, -0.15) is 0 Å². The normalized spacial score (nSPS) is 15.1. The molecule has 3 aromatic heterocycles. The number of amides is 1. The van der Waals surface area contributed by atoms with E-state index in [1.54, 1.807) is 12.3 Å². The Morgan fingerprint density at radius 2 is 2.08 bits per heavy atom. The molecule has 0 bridgehead atoms. The van der Waals surface area contributed by atoms with Crippen molar-refractivity contribution < 1.29 is 9.53 Å². The van der Waals surface area contributed by atoms with Crippen LogP contribution in [0.15, 0.2) is 30.7 Å². The summed E-state index contributed by atoms with van der Waals surface area (Å²) in [5, 5.41) is 13.6. The topological polar surface area (TPSA) is 120 Å². The SMILES string of the molecule is COc1ncc(-c2ccc3ncnc(NC(C[Se]C)C(=O)N4CCC(N(C)C)CC4)c3n2)cc1C#N. The van der Waals surface area contributed by atoms with Crippen LogP contribution in [0.1, 0.15) is 18.4 Å². The number of nitriles is 1. The second kappa shape index (κ2) is 11.6. The molecular weight excluding hydrogens is 523 g/mol. The Hall–Kier alpha value is -3.32. The number of fused-ring (bicyclic) bond motifs is 1. The maximum absolute atomic E-state index is 13.5.